The summed E-state index contributed by atoms with van der Waals surface area (Å²) in [6.07, 6.45) is 0. The molecule has 0 radical (unpaired) electrons. The number of aryl methyl sites for hydroxylation is 2. The van der Waals surface area contributed by atoms with E-state index in [1.54, 1.807) is 7.05 Å². The van der Waals surface area contributed by atoms with E-state index in [0.717, 1.165) is 0 Å². The Morgan fingerprint density at radius 1 is 1.16 bits per heavy atom. The smallest absolute Gasteiger partial charge is 0.316 e. The number of amides is 1. The molecule has 31 heavy (non-hydrogen) atoms. The molecule has 2 atom stereocenters. The minimum atomic E-state index is -1.71. The second-order valence-electron chi connectivity index (χ2n) is 7.00. The highest BCUT2D eigenvalue weighted by atomic mass is 32.2. The van der Waals surface area contributed by atoms with Gasteiger partial charge in [0.15, 0.2) is 11.6 Å². The lowest BCUT2D eigenvalue weighted by Crippen LogP contribution is -2.32. The van der Waals surface area contributed by atoms with Gasteiger partial charge in [0.25, 0.3) is 5.91 Å². The van der Waals surface area contributed by atoms with E-state index in [-0.39, 0.29) is 16.6 Å². The number of aliphatic hydroxyl groups is 1. The van der Waals surface area contributed by atoms with Crippen molar-refractivity contribution >= 4 is 33.6 Å². The number of benzene rings is 2. The number of carbonyl (C=O) groups is 2. The minimum absolute atomic E-state index is 0.0263. The predicted octanol–water partition coefficient (Wildman–Crippen LogP) is 2.42. The van der Waals surface area contributed by atoms with Gasteiger partial charge in [0.05, 0.1) is 29.0 Å². The number of carboxylic acids is 1. The van der Waals surface area contributed by atoms with Crippen molar-refractivity contribution in [1.82, 2.24) is 9.88 Å². The molecule has 0 fully saturated rings. The molecule has 164 valence electrons. The van der Waals surface area contributed by atoms with E-state index in [1.165, 1.54) is 47.9 Å². The fraction of sp³-hybridized carbons (Fsp3) is 0.238. The van der Waals surface area contributed by atoms with Crippen molar-refractivity contribution in [3.63, 3.8) is 0 Å². The first-order valence-corrected chi connectivity index (χ1v) is 10.5. The van der Waals surface area contributed by atoms with Gasteiger partial charge < -0.3 is 20.1 Å². The van der Waals surface area contributed by atoms with Crippen molar-refractivity contribution in [2.75, 3.05) is 12.4 Å². The van der Waals surface area contributed by atoms with Crippen LogP contribution in [0.2, 0.25) is 0 Å². The zero-order valence-corrected chi connectivity index (χ0v) is 17.5. The van der Waals surface area contributed by atoms with E-state index in [4.69, 9.17) is 5.11 Å². The van der Waals surface area contributed by atoms with Crippen molar-refractivity contribution in [1.29, 1.82) is 0 Å². The summed E-state index contributed by atoms with van der Waals surface area (Å²) >= 11 is 0. The molecule has 1 aromatic heterocycles. The monoisotopic (exact) mass is 450 g/mol. The lowest BCUT2D eigenvalue weighted by molar-refractivity contribution is -0.133. The van der Waals surface area contributed by atoms with Crippen LogP contribution in [0.4, 0.5) is 8.78 Å². The van der Waals surface area contributed by atoms with Crippen molar-refractivity contribution < 1.29 is 32.8 Å². The quantitative estimate of drug-likeness (QED) is 0.512. The molecule has 1 amide bonds. The number of fused-ring (bicyclic) bond motifs is 1. The minimum Gasteiger partial charge on any atom is -0.481 e. The molecule has 0 unspecified atom stereocenters. The number of aromatic nitrogens is 1. The van der Waals surface area contributed by atoms with Crippen LogP contribution >= 0.6 is 0 Å². The number of aliphatic hydroxyl groups excluding tert-OH is 1. The lowest BCUT2D eigenvalue weighted by Gasteiger charge is -2.17. The van der Waals surface area contributed by atoms with Crippen molar-refractivity contribution in [3.05, 3.63) is 64.9 Å². The molecule has 2 aromatic carbocycles. The van der Waals surface area contributed by atoms with Gasteiger partial charge in [0.2, 0.25) is 0 Å². The number of halogens is 2. The SMILES string of the molecule is Cc1cc2c(cc(C(=O)N[C@H](CO)c3ccc([S@](=O)CC(=O)O)cc3)n2C)c(F)c1F. The van der Waals surface area contributed by atoms with Gasteiger partial charge in [0.1, 0.15) is 11.4 Å². The summed E-state index contributed by atoms with van der Waals surface area (Å²) in [6.45, 7) is 0.981. The maximum atomic E-state index is 14.3. The Kier molecular flexibility index (Phi) is 6.51. The molecule has 3 N–H and O–H groups in total. The second kappa shape index (κ2) is 8.94. The van der Waals surface area contributed by atoms with Crippen LogP contribution in [0.25, 0.3) is 10.9 Å². The number of rotatable bonds is 7. The molecule has 0 saturated heterocycles. The zero-order chi connectivity index (χ0) is 22.9. The topological polar surface area (TPSA) is 109 Å². The number of carboxylic acid groups (broad SMARTS) is 1. The van der Waals surface area contributed by atoms with E-state index < -0.39 is 52.7 Å². The summed E-state index contributed by atoms with van der Waals surface area (Å²) in [7, 11) is -0.165. The van der Waals surface area contributed by atoms with E-state index >= 15 is 0 Å². The van der Waals surface area contributed by atoms with Crippen LogP contribution in [0.15, 0.2) is 41.3 Å². The average molecular weight is 450 g/mol. The van der Waals surface area contributed by atoms with Crippen LogP contribution in [0.5, 0.6) is 0 Å². The van der Waals surface area contributed by atoms with Crippen LogP contribution in [-0.4, -0.2) is 43.2 Å². The fourth-order valence-corrected chi connectivity index (χ4v) is 4.09. The first-order chi connectivity index (χ1) is 14.6. The second-order valence-corrected chi connectivity index (χ2v) is 8.46. The number of aliphatic carboxylic acids is 1. The first kappa shape index (κ1) is 22.6. The maximum Gasteiger partial charge on any atom is 0.316 e. The number of hydrogen-bond acceptors (Lipinski definition) is 4. The van der Waals surface area contributed by atoms with Crippen LogP contribution in [0.1, 0.15) is 27.7 Å². The maximum absolute atomic E-state index is 14.3. The third-order valence-corrected chi connectivity index (χ3v) is 6.24. The average Bonchev–Trinajstić information content (AvgIpc) is 3.06. The van der Waals surface area contributed by atoms with E-state index in [9.17, 15) is 27.7 Å². The molecule has 3 aromatic rings. The first-order valence-electron chi connectivity index (χ1n) is 9.20. The summed E-state index contributed by atoms with van der Waals surface area (Å²) in [5.41, 5.74) is 1.05. The summed E-state index contributed by atoms with van der Waals surface area (Å²) < 4.78 is 41.5. The molecule has 0 aliphatic heterocycles. The number of nitrogens with zero attached hydrogens (tertiary/aromatic N) is 1. The molecule has 7 nitrogen and oxygen atoms in total. The molecule has 0 bridgehead atoms. The highest BCUT2D eigenvalue weighted by Crippen LogP contribution is 2.26. The highest BCUT2D eigenvalue weighted by molar-refractivity contribution is 7.85. The third-order valence-electron chi connectivity index (χ3n) is 4.93. The summed E-state index contributed by atoms with van der Waals surface area (Å²) in [5, 5.41) is 21.1. The Morgan fingerprint density at radius 3 is 2.39 bits per heavy atom. The standard InChI is InChI=1S/C21H20F2N2O5S/c1-11-7-16-14(20(23)19(11)22)8-17(25(16)2)21(29)24-15(9-26)12-3-5-13(6-4-12)31(30)10-18(27)28/h3-8,15,26H,9-10H2,1-2H3,(H,24,29)(H,27,28)/t15-,31-/m1/s1. The van der Waals surface area contributed by atoms with Crippen molar-refractivity contribution in [2.24, 2.45) is 7.05 Å². The molecule has 10 heteroatoms. The van der Waals surface area contributed by atoms with Gasteiger partial charge in [-0.1, -0.05) is 12.1 Å². The Labute approximate surface area is 178 Å². The summed E-state index contributed by atoms with van der Waals surface area (Å²) in [4.78, 5) is 23.8. The van der Waals surface area contributed by atoms with Gasteiger partial charge >= 0.3 is 5.97 Å². The normalized spacial score (nSPS) is 13.2. The molecule has 0 aliphatic carbocycles. The highest BCUT2D eigenvalue weighted by Gasteiger charge is 2.22. The Hall–Kier alpha value is -3.11. The fourth-order valence-electron chi connectivity index (χ4n) is 3.26. The van der Waals surface area contributed by atoms with Crippen LogP contribution in [-0.2, 0) is 22.6 Å². The van der Waals surface area contributed by atoms with Gasteiger partial charge in [-0.15, -0.1) is 0 Å². The largest absolute Gasteiger partial charge is 0.481 e. The van der Waals surface area contributed by atoms with Gasteiger partial charge in [-0.05, 0) is 42.3 Å². The van der Waals surface area contributed by atoms with Gasteiger partial charge in [-0.2, -0.15) is 0 Å². The molecular formula is C21H20F2N2O5S. The van der Waals surface area contributed by atoms with Crippen molar-refractivity contribution in [2.45, 2.75) is 17.9 Å². The number of nitrogens with one attached hydrogen (secondary N) is 1. The predicted molar refractivity (Wildman–Crippen MR) is 110 cm³/mol. The zero-order valence-electron chi connectivity index (χ0n) is 16.7. The van der Waals surface area contributed by atoms with Crippen molar-refractivity contribution in [3.8, 4) is 0 Å². The van der Waals surface area contributed by atoms with E-state index in [2.05, 4.69) is 5.32 Å². The number of carbonyl (C=O) groups excluding carboxylic acids is 1. The lowest BCUT2D eigenvalue weighted by atomic mass is 10.1. The van der Waals surface area contributed by atoms with E-state index in [1.807, 2.05) is 0 Å². The van der Waals surface area contributed by atoms with Crippen LogP contribution < -0.4 is 5.32 Å². The summed E-state index contributed by atoms with van der Waals surface area (Å²) in [6, 6.07) is 7.84. The third kappa shape index (κ3) is 4.49. The molecular weight excluding hydrogens is 430 g/mol. The molecule has 0 saturated carbocycles. The van der Waals surface area contributed by atoms with Gasteiger partial charge in [-0.3, -0.25) is 13.8 Å². The molecule has 1 heterocycles. The Morgan fingerprint density at radius 2 is 1.81 bits per heavy atom. The Bertz CT molecular complexity index is 1190. The van der Waals surface area contributed by atoms with Gasteiger partial charge in [0, 0.05) is 17.3 Å². The van der Waals surface area contributed by atoms with E-state index in [0.29, 0.717) is 16.0 Å². The van der Waals surface area contributed by atoms with Crippen LogP contribution in [0, 0.1) is 18.6 Å². The molecule has 0 spiro atoms. The Balaban J connectivity index is 1.85. The molecule has 0 aliphatic rings. The van der Waals surface area contributed by atoms with Crippen LogP contribution in [0.3, 0.4) is 0 Å². The van der Waals surface area contributed by atoms with Gasteiger partial charge in [-0.25, -0.2) is 8.78 Å². The summed E-state index contributed by atoms with van der Waals surface area (Å²) in [5.74, 6) is -4.33. The number of hydrogen-bond donors (Lipinski definition) is 3. The molecule has 3 rings (SSSR count).